The number of hydrogen-bond donors (Lipinski definition) is 1. The third kappa shape index (κ3) is 2.93. The Bertz CT molecular complexity index is 711. The Hall–Kier alpha value is -1.88. The molecular weight excluding hydrogens is 265 g/mol. The van der Waals surface area contributed by atoms with Crippen LogP contribution < -0.4 is 4.72 Å². The molecule has 0 amide bonds. The highest BCUT2D eigenvalue weighted by molar-refractivity contribution is 7.92. The van der Waals surface area contributed by atoms with Crippen molar-refractivity contribution in [3.05, 3.63) is 59.4 Å². The first kappa shape index (κ1) is 13.5. The van der Waals surface area contributed by atoms with E-state index in [0.29, 0.717) is 5.69 Å². The maximum atomic E-state index is 13.1. The van der Waals surface area contributed by atoms with Crippen LogP contribution in [0.2, 0.25) is 0 Å². The van der Waals surface area contributed by atoms with E-state index in [1.165, 1.54) is 18.2 Å². The van der Waals surface area contributed by atoms with Gasteiger partial charge in [-0.25, -0.2) is 12.8 Å². The molecule has 100 valence electrons. The van der Waals surface area contributed by atoms with Gasteiger partial charge in [-0.2, -0.15) is 0 Å². The number of aryl methyl sites for hydroxylation is 1. The maximum Gasteiger partial charge on any atom is 0.262 e. The number of hydrogen-bond acceptors (Lipinski definition) is 2. The van der Waals surface area contributed by atoms with E-state index in [0.717, 1.165) is 17.2 Å². The first-order valence-electron chi connectivity index (χ1n) is 5.75. The fourth-order valence-corrected chi connectivity index (χ4v) is 2.85. The number of benzene rings is 2. The van der Waals surface area contributed by atoms with Gasteiger partial charge < -0.3 is 0 Å². The van der Waals surface area contributed by atoms with Gasteiger partial charge in [0.05, 0.1) is 10.6 Å². The van der Waals surface area contributed by atoms with Crippen molar-refractivity contribution in [3.8, 4) is 0 Å². The Labute approximate surface area is 112 Å². The van der Waals surface area contributed by atoms with Crippen LogP contribution >= 0.6 is 0 Å². The molecule has 0 saturated heterocycles. The second-order valence-corrected chi connectivity index (χ2v) is 5.99. The molecule has 0 spiro atoms. The van der Waals surface area contributed by atoms with E-state index >= 15 is 0 Å². The predicted molar refractivity (Wildman–Crippen MR) is 73.1 cm³/mol. The Morgan fingerprint density at radius 1 is 1.05 bits per heavy atom. The first-order chi connectivity index (χ1) is 8.90. The van der Waals surface area contributed by atoms with E-state index in [2.05, 4.69) is 4.72 Å². The zero-order valence-electron chi connectivity index (χ0n) is 10.6. The van der Waals surface area contributed by atoms with Crippen LogP contribution in [0.25, 0.3) is 0 Å². The minimum Gasteiger partial charge on any atom is -0.279 e. The van der Waals surface area contributed by atoms with Crippen LogP contribution in [0.15, 0.2) is 47.4 Å². The van der Waals surface area contributed by atoms with Crippen LogP contribution in [0.5, 0.6) is 0 Å². The number of rotatable bonds is 3. The lowest BCUT2D eigenvalue weighted by Gasteiger charge is -2.12. The zero-order chi connectivity index (χ0) is 14.0. The van der Waals surface area contributed by atoms with Crippen molar-refractivity contribution in [1.29, 1.82) is 0 Å². The highest BCUT2D eigenvalue weighted by atomic mass is 32.2. The molecule has 0 radical (unpaired) electrons. The van der Waals surface area contributed by atoms with E-state index < -0.39 is 15.8 Å². The fraction of sp³-hybridized carbons (Fsp3) is 0.143. The minimum atomic E-state index is -3.77. The summed E-state index contributed by atoms with van der Waals surface area (Å²) in [4.78, 5) is -0.0894. The summed E-state index contributed by atoms with van der Waals surface area (Å²) in [7, 11) is -3.77. The predicted octanol–water partition coefficient (Wildman–Crippen LogP) is 3.24. The summed E-state index contributed by atoms with van der Waals surface area (Å²) in [5.41, 5.74) is 2.34. The zero-order valence-corrected chi connectivity index (χ0v) is 11.5. The summed E-state index contributed by atoms with van der Waals surface area (Å²) in [5.74, 6) is -0.580. The normalized spacial score (nSPS) is 11.3. The van der Waals surface area contributed by atoms with Crippen LogP contribution in [-0.4, -0.2) is 8.42 Å². The van der Waals surface area contributed by atoms with Gasteiger partial charge in [-0.05, 0) is 49.2 Å². The molecule has 0 bridgehead atoms. The molecule has 0 fully saturated rings. The van der Waals surface area contributed by atoms with Crippen molar-refractivity contribution >= 4 is 15.7 Å². The fourth-order valence-electron chi connectivity index (χ4n) is 1.70. The lowest BCUT2D eigenvalue weighted by atomic mass is 10.1. The maximum absolute atomic E-state index is 13.1. The van der Waals surface area contributed by atoms with Gasteiger partial charge in [0.25, 0.3) is 10.0 Å². The molecule has 0 aromatic heterocycles. The van der Waals surface area contributed by atoms with Gasteiger partial charge in [-0.1, -0.05) is 18.2 Å². The smallest absolute Gasteiger partial charge is 0.262 e. The molecule has 0 aliphatic heterocycles. The van der Waals surface area contributed by atoms with E-state index in [1.807, 2.05) is 19.9 Å². The molecule has 3 nitrogen and oxygen atoms in total. The summed E-state index contributed by atoms with van der Waals surface area (Å²) < 4.78 is 39.8. The summed E-state index contributed by atoms with van der Waals surface area (Å²) in [6, 6.07) is 10.3. The molecule has 1 N–H and O–H groups in total. The largest absolute Gasteiger partial charge is 0.279 e. The van der Waals surface area contributed by atoms with E-state index in [4.69, 9.17) is 0 Å². The van der Waals surface area contributed by atoms with Crippen molar-refractivity contribution in [2.24, 2.45) is 0 Å². The van der Waals surface area contributed by atoms with E-state index in [-0.39, 0.29) is 4.90 Å². The van der Waals surface area contributed by atoms with Gasteiger partial charge in [-0.15, -0.1) is 0 Å². The second-order valence-electron chi connectivity index (χ2n) is 4.31. The quantitative estimate of drug-likeness (QED) is 0.937. The minimum absolute atomic E-state index is 0.0894. The molecule has 0 aliphatic carbocycles. The summed E-state index contributed by atoms with van der Waals surface area (Å²) in [6.07, 6.45) is 0. The van der Waals surface area contributed by atoms with E-state index in [9.17, 15) is 12.8 Å². The van der Waals surface area contributed by atoms with Gasteiger partial charge in [0.15, 0.2) is 0 Å². The SMILES string of the molecule is Cc1cccc(NS(=O)(=O)c2cccc(F)c2)c1C. The lowest BCUT2D eigenvalue weighted by Crippen LogP contribution is -2.14. The third-order valence-corrected chi connectivity index (χ3v) is 4.32. The van der Waals surface area contributed by atoms with Gasteiger partial charge >= 0.3 is 0 Å². The van der Waals surface area contributed by atoms with Crippen LogP contribution in [-0.2, 0) is 10.0 Å². The molecule has 0 saturated carbocycles. The van der Waals surface area contributed by atoms with Crippen LogP contribution in [0, 0.1) is 19.7 Å². The topological polar surface area (TPSA) is 46.2 Å². The molecule has 0 aliphatic rings. The lowest BCUT2D eigenvalue weighted by molar-refractivity contribution is 0.595. The van der Waals surface area contributed by atoms with Gasteiger partial charge in [-0.3, -0.25) is 4.72 Å². The van der Waals surface area contributed by atoms with Crippen LogP contribution in [0.1, 0.15) is 11.1 Å². The molecule has 19 heavy (non-hydrogen) atoms. The Morgan fingerprint density at radius 2 is 1.74 bits per heavy atom. The first-order valence-corrected chi connectivity index (χ1v) is 7.23. The highest BCUT2D eigenvalue weighted by Crippen LogP contribution is 2.22. The molecule has 5 heteroatoms. The number of anilines is 1. The monoisotopic (exact) mass is 279 g/mol. The number of halogens is 1. The van der Waals surface area contributed by atoms with Crippen LogP contribution in [0.3, 0.4) is 0 Å². The summed E-state index contributed by atoms with van der Waals surface area (Å²) in [6.45, 7) is 3.73. The van der Waals surface area contributed by atoms with E-state index in [1.54, 1.807) is 12.1 Å². The second kappa shape index (κ2) is 5.01. The molecule has 0 heterocycles. The average Bonchev–Trinajstić information content (AvgIpc) is 2.35. The summed E-state index contributed by atoms with van der Waals surface area (Å²) in [5, 5.41) is 0. The molecule has 2 aromatic rings. The van der Waals surface area contributed by atoms with Crippen LogP contribution in [0.4, 0.5) is 10.1 Å². The van der Waals surface area contributed by atoms with Crippen molar-refractivity contribution < 1.29 is 12.8 Å². The van der Waals surface area contributed by atoms with Crippen molar-refractivity contribution in [2.75, 3.05) is 4.72 Å². The highest BCUT2D eigenvalue weighted by Gasteiger charge is 2.16. The molecule has 0 atom stereocenters. The van der Waals surface area contributed by atoms with Gasteiger partial charge in [0.2, 0.25) is 0 Å². The number of sulfonamides is 1. The molecule has 2 aromatic carbocycles. The third-order valence-electron chi connectivity index (χ3n) is 2.96. The standard InChI is InChI=1S/C14H14FNO2S/c1-10-5-3-8-14(11(10)2)16-19(17,18)13-7-4-6-12(15)9-13/h3-9,16H,1-2H3. The van der Waals surface area contributed by atoms with Crippen molar-refractivity contribution in [3.63, 3.8) is 0 Å². The Morgan fingerprint density at radius 3 is 2.42 bits per heavy atom. The molecule has 2 rings (SSSR count). The van der Waals surface area contributed by atoms with Gasteiger partial charge in [0.1, 0.15) is 5.82 Å². The van der Waals surface area contributed by atoms with Crippen molar-refractivity contribution in [2.45, 2.75) is 18.7 Å². The summed E-state index contributed by atoms with van der Waals surface area (Å²) >= 11 is 0. The van der Waals surface area contributed by atoms with Gasteiger partial charge in [0, 0.05) is 0 Å². The molecule has 0 unspecified atom stereocenters. The Kier molecular flexibility index (Phi) is 3.57. The molecular formula is C14H14FNO2S. The average molecular weight is 279 g/mol. The number of nitrogens with one attached hydrogen (secondary N) is 1. The van der Waals surface area contributed by atoms with Crippen molar-refractivity contribution in [1.82, 2.24) is 0 Å². The Balaban J connectivity index is 2.39.